The monoisotopic (exact) mass is 332 g/mol. The standard InChI is InChI=1S/C12H13ClN2O5S/c1-2-19-6-5-11(16)15-21(17,18)8-3-4-10-9(7-8)12(13)14-20-10/h3-4,7H,2,5-6H2,1H3,(H,15,16). The van der Waals surface area contributed by atoms with Crippen molar-refractivity contribution in [3.8, 4) is 0 Å². The van der Waals surface area contributed by atoms with Gasteiger partial charge in [0.25, 0.3) is 10.0 Å². The zero-order valence-electron chi connectivity index (χ0n) is 11.1. The molecule has 0 saturated carbocycles. The average Bonchev–Trinajstić information content (AvgIpc) is 2.80. The Morgan fingerprint density at radius 1 is 1.48 bits per heavy atom. The van der Waals surface area contributed by atoms with E-state index in [4.69, 9.17) is 20.9 Å². The number of nitrogens with one attached hydrogen (secondary N) is 1. The van der Waals surface area contributed by atoms with Crippen LogP contribution in [0, 0.1) is 0 Å². The van der Waals surface area contributed by atoms with E-state index in [1.807, 2.05) is 4.72 Å². The second kappa shape index (κ2) is 6.42. The zero-order chi connectivity index (χ0) is 15.5. The first-order valence-corrected chi connectivity index (χ1v) is 7.98. The highest BCUT2D eigenvalue weighted by Crippen LogP contribution is 2.25. The fourth-order valence-electron chi connectivity index (χ4n) is 1.62. The molecule has 0 fully saturated rings. The number of carbonyl (C=O) groups excluding carboxylic acids is 1. The Morgan fingerprint density at radius 3 is 2.95 bits per heavy atom. The van der Waals surface area contributed by atoms with Crippen molar-refractivity contribution in [3.63, 3.8) is 0 Å². The third kappa shape index (κ3) is 3.72. The minimum Gasteiger partial charge on any atom is -0.381 e. The van der Waals surface area contributed by atoms with Gasteiger partial charge in [-0.05, 0) is 25.1 Å². The third-order valence-electron chi connectivity index (χ3n) is 2.63. The van der Waals surface area contributed by atoms with Crippen molar-refractivity contribution >= 4 is 38.5 Å². The molecule has 0 unspecified atom stereocenters. The van der Waals surface area contributed by atoms with E-state index in [2.05, 4.69) is 5.16 Å². The van der Waals surface area contributed by atoms with Crippen LogP contribution >= 0.6 is 11.6 Å². The molecule has 1 aromatic heterocycles. The van der Waals surface area contributed by atoms with E-state index >= 15 is 0 Å². The van der Waals surface area contributed by atoms with Crippen LogP contribution in [0.15, 0.2) is 27.6 Å². The molecule has 1 N–H and O–H groups in total. The molecule has 21 heavy (non-hydrogen) atoms. The maximum Gasteiger partial charge on any atom is 0.264 e. The van der Waals surface area contributed by atoms with E-state index in [-0.39, 0.29) is 23.1 Å². The summed E-state index contributed by atoms with van der Waals surface area (Å²) in [6, 6.07) is 4.03. The SMILES string of the molecule is CCOCCC(=O)NS(=O)(=O)c1ccc2onc(Cl)c2c1. The Morgan fingerprint density at radius 2 is 2.24 bits per heavy atom. The van der Waals surface area contributed by atoms with Crippen molar-refractivity contribution in [3.05, 3.63) is 23.4 Å². The molecule has 114 valence electrons. The Kier molecular flexibility index (Phi) is 4.81. The first kappa shape index (κ1) is 15.7. The molecule has 0 atom stereocenters. The molecule has 1 amide bonds. The number of benzene rings is 1. The largest absolute Gasteiger partial charge is 0.381 e. The van der Waals surface area contributed by atoms with Crippen LogP contribution in [0.25, 0.3) is 11.0 Å². The number of ether oxygens (including phenoxy) is 1. The summed E-state index contributed by atoms with van der Waals surface area (Å²) >= 11 is 5.78. The van der Waals surface area contributed by atoms with Gasteiger partial charge in [-0.1, -0.05) is 16.8 Å². The maximum atomic E-state index is 12.1. The van der Waals surface area contributed by atoms with Gasteiger partial charge in [-0.25, -0.2) is 13.1 Å². The maximum absolute atomic E-state index is 12.1. The van der Waals surface area contributed by atoms with Crippen LogP contribution in [0.5, 0.6) is 0 Å². The molecule has 0 radical (unpaired) electrons. The highest BCUT2D eigenvalue weighted by atomic mass is 35.5. The highest BCUT2D eigenvalue weighted by Gasteiger charge is 2.19. The van der Waals surface area contributed by atoms with Crippen molar-refractivity contribution in [1.29, 1.82) is 0 Å². The molecule has 0 aliphatic rings. The summed E-state index contributed by atoms with van der Waals surface area (Å²) in [7, 11) is -3.97. The van der Waals surface area contributed by atoms with Crippen molar-refractivity contribution in [1.82, 2.24) is 9.88 Å². The zero-order valence-corrected chi connectivity index (χ0v) is 12.7. The molecule has 0 spiro atoms. The Bertz CT molecular complexity index is 756. The molecule has 2 aromatic rings. The van der Waals surface area contributed by atoms with Gasteiger partial charge in [-0.2, -0.15) is 0 Å². The molecule has 1 aromatic carbocycles. The van der Waals surface area contributed by atoms with Crippen LogP contribution in [0.2, 0.25) is 5.15 Å². The summed E-state index contributed by atoms with van der Waals surface area (Å²) in [6.07, 6.45) is -0.0384. The van der Waals surface area contributed by atoms with E-state index in [0.29, 0.717) is 17.6 Å². The van der Waals surface area contributed by atoms with Gasteiger partial charge in [0, 0.05) is 6.61 Å². The van der Waals surface area contributed by atoms with Gasteiger partial charge >= 0.3 is 0 Å². The second-order valence-corrected chi connectivity index (χ2v) is 6.15. The number of aromatic nitrogens is 1. The smallest absolute Gasteiger partial charge is 0.264 e. The van der Waals surface area contributed by atoms with Crippen LogP contribution in [0.1, 0.15) is 13.3 Å². The first-order chi connectivity index (χ1) is 9.94. The van der Waals surface area contributed by atoms with Crippen molar-refractivity contribution in [2.45, 2.75) is 18.2 Å². The number of carbonyl (C=O) groups is 1. The Hall–Kier alpha value is -1.64. The van der Waals surface area contributed by atoms with Crippen molar-refractivity contribution in [2.75, 3.05) is 13.2 Å². The van der Waals surface area contributed by atoms with Crippen LogP contribution in [0.3, 0.4) is 0 Å². The molecule has 0 aliphatic carbocycles. The minimum absolute atomic E-state index is 0.0384. The Labute approximate surface area is 126 Å². The number of sulfonamides is 1. The topological polar surface area (TPSA) is 98.5 Å². The number of hydrogen-bond donors (Lipinski definition) is 1. The molecule has 0 bridgehead atoms. The van der Waals surface area contributed by atoms with Gasteiger partial charge in [-0.15, -0.1) is 0 Å². The van der Waals surface area contributed by atoms with Gasteiger partial charge in [0.1, 0.15) is 0 Å². The number of nitrogens with zero attached hydrogens (tertiary/aromatic N) is 1. The second-order valence-electron chi connectivity index (χ2n) is 4.11. The summed E-state index contributed by atoms with van der Waals surface area (Å²) in [5, 5.41) is 3.94. The molecule has 0 aliphatic heterocycles. The van der Waals surface area contributed by atoms with Gasteiger partial charge in [0.05, 0.1) is 23.3 Å². The fraction of sp³-hybridized carbons (Fsp3) is 0.333. The van der Waals surface area contributed by atoms with Crippen LogP contribution in [0.4, 0.5) is 0 Å². The summed E-state index contributed by atoms with van der Waals surface area (Å²) < 4.78 is 36.0. The molecule has 1 heterocycles. The lowest BCUT2D eigenvalue weighted by Crippen LogP contribution is -2.31. The van der Waals surface area contributed by atoms with Crippen LogP contribution < -0.4 is 4.72 Å². The summed E-state index contributed by atoms with van der Waals surface area (Å²) in [6.45, 7) is 2.41. The van der Waals surface area contributed by atoms with Crippen molar-refractivity contribution in [2.24, 2.45) is 0 Å². The van der Waals surface area contributed by atoms with Gasteiger partial charge in [-0.3, -0.25) is 4.79 Å². The summed E-state index contributed by atoms with van der Waals surface area (Å²) in [4.78, 5) is 11.5. The van der Waals surface area contributed by atoms with E-state index in [1.165, 1.54) is 18.2 Å². The van der Waals surface area contributed by atoms with E-state index in [0.717, 1.165) is 0 Å². The summed E-state index contributed by atoms with van der Waals surface area (Å²) in [5.74, 6) is -0.639. The molecular weight excluding hydrogens is 320 g/mol. The average molecular weight is 333 g/mol. The predicted molar refractivity (Wildman–Crippen MR) is 75.5 cm³/mol. The van der Waals surface area contributed by atoms with E-state index in [9.17, 15) is 13.2 Å². The fourth-order valence-corrected chi connectivity index (χ4v) is 2.85. The summed E-state index contributed by atoms with van der Waals surface area (Å²) in [5.41, 5.74) is 0.363. The Balaban J connectivity index is 2.17. The number of fused-ring (bicyclic) bond motifs is 1. The lowest BCUT2D eigenvalue weighted by atomic mass is 10.3. The van der Waals surface area contributed by atoms with E-state index < -0.39 is 15.9 Å². The third-order valence-corrected chi connectivity index (χ3v) is 4.28. The highest BCUT2D eigenvalue weighted by molar-refractivity contribution is 7.90. The lowest BCUT2D eigenvalue weighted by molar-refractivity contribution is -0.120. The quantitative estimate of drug-likeness (QED) is 0.808. The van der Waals surface area contributed by atoms with E-state index in [1.54, 1.807) is 6.92 Å². The predicted octanol–water partition coefficient (Wildman–Crippen LogP) is 1.71. The first-order valence-electron chi connectivity index (χ1n) is 6.12. The number of halogens is 1. The molecule has 7 nitrogen and oxygen atoms in total. The van der Waals surface area contributed by atoms with Crippen LogP contribution in [-0.2, 0) is 19.6 Å². The van der Waals surface area contributed by atoms with Gasteiger partial charge in [0.15, 0.2) is 10.7 Å². The van der Waals surface area contributed by atoms with Crippen molar-refractivity contribution < 1.29 is 22.5 Å². The minimum atomic E-state index is -3.97. The number of amides is 1. The number of hydrogen-bond acceptors (Lipinski definition) is 6. The number of rotatable bonds is 6. The lowest BCUT2D eigenvalue weighted by Gasteiger charge is -2.07. The molecular formula is C12H13ClN2O5S. The van der Waals surface area contributed by atoms with Crippen LogP contribution in [-0.4, -0.2) is 32.7 Å². The molecule has 2 rings (SSSR count). The molecule has 0 saturated heterocycles. The van der Waals surface area contributed by atoms with Gasteiger partial charge in [0.2, 0.25) is 5.91 Å². The molecule has 9 heteroatoms. The van der Waals surface area contributed by atoms with Gasteiger partial charge < -0.3 is 9.26 Å². The normalized spacial score (nSPS) is 11.7.